The van der Waals surface area contributed by atoms with Gasteiger partial charge in [0.15, 0.2) is 0 Å². The molecule has 90 valence electrons. The van der Waals surface area contributed by atoms with Gasteiger partial charge < -0.3 is 9.84 Å². The Morgan fingerprint density at radius 1 is 1.41 bits per heavy atom. The van der Waals surface area contributed by atoms with E-state index in [4.69, 9.17) is 9.84 Å². The summed E-state index contributed by atoms with van der Waals surface area (Å²) in [5.41, 5.74) is 0.894. The summed E-state index contributed by atoms with van der Waals surface area (Å²) in [6, 6.07) is 6.00. The number of aliphatic hydroxyl groups is 1. The molecule has 0 spiro atoms. The largest absolute Gasteiger partial charge is 0.394 e. The van der Waals surface area contributed by atoms with Crippen LogP contribution in [0.15, 0.2) is 29.8 Å². The van der Waals surface area contributed by atoms with E-state index in [0.29, 0.717) is 13.3 Å². The molecule has 0 aliphatic carbocycles. The van der Waals surface area contributed by atoms with Crippen molar-refractivity contribution in [3.8, 4) is 0 Å². The lowest BCUT2D eigenvalue weighted by Gasteiger charge is -2.00. The van der Waals surface area contributed by atoms with Crippen LogP contribution >= 0.6 is 11.3 Å². The summed E-state index contributed by atoms with van der Waals surface area (Å²) in [5.74, 6) is 0. The van der Waals surface area contributed by atoms with E-state index < -0.39 is 0 Å². The Morgan fingerprint density at radius 2 is 2.35 bits per heavy atom. The number of hydrogen-bond acceptors (Lipinski definition) is 4. The van der Waals surface area contributed by atoms with Crippen LogP contribution in [-0.4, -0.2) is 28.1 Å². The Morgan fingerprint density at radius 3 is 3.12 bits per heavy atom. The van der Waals surface area contributed by atoms with E-state index in [0.717, 1.165) is 5.69 Å². The number of nitrogens with zero attached hydrogens (tertiary/aromatic N) is 2. The van der Waals surface area contributed by atoms with Crippen LogP contribution in [0.5, 0.6) is 0 Å². The number of ether oxygens (including phenoxy) is 1. The van der Waals surface area contributed by atoms with Crippen LogP contribution in [0.25, 0.3) is 12.2 Å². The molecule has 2 heterocycles. The average Bonchev–Trinajstić information content (AvgIpc) is 2.98. The fourth-order valence-corrected chi connectivity index (χ4v) is 1.93. The Hall–Kier alpha value is -1.43. The van der Waals surface area contributed by atoms with Crippen molar-refractivity contribution in [3.63, 3.8) is 0 Å². The first kappa shape index (κ1) is 12.0. The van der Waals surface area contributed by atoms with E-state index in [1.807, 2.05) is 35.9 Å². The summed E-state index contributed by atoms with van der Waals surface area (Å²) in [5, 5.41) is 14.9. The third-order valence-corrected chi connectivity index (χ3v) is 2.92. The Labute approximate surface area is 104 Å². The third kappa shape index (κ3) is 3.81. The summed E-state index contributed by atoms with van der Waals surface area (Å²) in [6.07, 6.45) is 5.85. The SMILES string of the molecule is OCCOCn1ccc(/C=C/c2cccs2)n1. The molecule has 2 aromatic heterocycles. The minimum Gasteiger partial charge on any atom is -0.394 e. The molecule has 0 unspecified atom stereocenters. The van der Waals surface area contributed by atoms with E-state index in [1.165, 1.54) is 4.88 Å². The Kier molecular flexibility index (Phi) is 4.49. The van der Waals surface area contributed by atoms with Gasteiger partial charge in [-0.1, -0.05) is 6.07 Å². The van der Waals surface area contributed by atoms with Gasteiger partial charge in [-0.25, -0.2) is 4.68 Å². The second-order valence-electron chi connectivity index (χ2n) is 3.39. The summed E-state index contributed by atoms with van der Waals surface area (Å²) in [6.45, 7) is 0.736. The fourth-order valence-electron chi connectivity index (χ4n) is 1.31. The maximum Gasteiger partial charge on any atom is 0.139 e. The van der Waals surface area contributed by atoms with Crippen molar-refractivity contribution in [2.24, 2.45) is 0 Å². The van der Waals surface area contributed by atoms with Crippen molar-refractivity contribution < 1.29 is 9.84 Å². The molecule has 17 heavy (non-hydrogen) atoms. The molecule has 0 aliphatic heterocycles. The van der Waals surface area contributed by atoms with Crippen LogP contribution in [0.3, 0.4) is 0 Å². The van der Waals surface area contributed by atoms with Crippen molar-refractivity contribution in [2.45, 2.75) is 6.73 Å². The first-order valence-corrected chi connectivity index (χ1v) is 6.20. The lowest BCUT2D eigenvalue weighted by Crippen LogP contribution is -2.06. The monoisotopic (exact) mass is 250 g/mol. The third-order valence-electron chi connectivity index (χ3n) is 2.08. The molecular formula is C12H14N2O2S. The van der Waals surface area contributed by atoms with Gasteiger partial charge in [0, 0.05) is 11.1 Å². The van der Waals surface area contributed by atoms with Crippen molar-refractivity contribution in [2.75, 3.05) is 13.2 Å². The number of thiophene rings is 1. The van der Waals surface area contributed by atoms with Gasteiger partial charge in [-0.05, 0) is 29.7 Å². The molecule has 0 amide bonds. The minimum absolute atomic E-state index is 0.0341. The second kappa shape index (κ2) is 6.34. The van der Waals surface area contributed by atoms with Crippen LogP contribution in [-0.2, 0) is 11.5 Å². The van der Waals surface area contributed by atoms with E-state index in [1.54, 1.807) is 16.0 Å². The van der Waals surface area contributed by atoms with Gasteiger partial charge in [0.1, 0.15) is 6.73 Å². The molecule has 0 aromatic carbocycles. The van der Waals surface area contributed by atoms with E-state index in [9.17, 15) is 0 Å². The molecule has 0 radical (unpaired) electrons. The van der Waals surface area contributed by atoms with Crippen LogP contribution in [0.1, 0.15) is 10.6 Å². The van der Waals surface area contributed by atoms with Crippen molar-refractivity contribution >= 4 is 23.5 Å². The molecule has 0 fully saturated rings. The highest BCUT2D eigenvalue weighted by Crippen LogP contribution is 2.12. The zero-order chi connectivity index (χ0) is 11.9. The molecule has 0 bridgehead atoms. The van der Waals surface area contributed by atoms with Crippen LogP contribution in [0, 0.1) is 0 Å². The lowest BCUT2D eigenvalue weighted by molar-refractivity contribution is 0.0419. The van der Waals surface area contributed by atoms with Crippen molar-refractivity contribution in [1.82, 2.24) is 9.78 Å². The van der Waals surface area contributed by atoms with E-state index >= 15 is 0 Å². The van der Waals surface area contributed by atoms with Crippen molar-refractivity contribution in [1.29, 1.82) is 0 Å². The standard InChI is InChI=1S/C12H14N2O2S/c15-7-8-16-10-14-6-5-11(13-14)3-4-12-2-1-9-17-12/h1-6,9,15H,7-8,10H2/b4-3+. The highest BCUT2D eigenvalue weighted by Gasteiger charge is 1.95. The molecule has 4 nitrogen and oxygen atoms in total. The van der Waals surface area contributed by atoms with Gasteiger partial charge in [0.25, 0.3) is 0 Å². The Balaban J connectivity index is 1.89. The van der Waals surface area contributed by atoms with E-state index in [2.05, 4.69) is 11.2 Å². The van der Waals surface area contributed by atoms with Gasteiger partial charge in [0.05, 0.1) is 18.9 Å². The highest BCUT2D eigenvalue weighted by molar-refractivity contribution is 7.10. The minimum atomic E-state index is 0.0341. The second-order valence-corrected chi connectivity index (χ2v) is 4.37. The highest BCUT2D eigenvalue weighted by atomic mass is 32.1. The maximum atomic E-state index is 8.57. The molecule has 1 N–H and O–H groups in total. The van der Waals surface area contributed by atoms with Crippen LogP contribution in [0.2, 0.25) is 0 Å². The number of rotatable bonds is 6. The number of aromatic nitrogens is 2. The molecule has 0 saturated carbocycles. The number of hydrogen-bond donors (Lipinski definition) is 1. The summed E-state index contributed by atoms with van der Waals surface area (Å²) >= 11 is 1.69. The molecular weight excluding hydrogens is 236 g/mol. The van der Waals surface area contributed by atoms with E-state index in [-0.39, 0.29) is 6.61 Å². The lowest BCUT2D eigenvalue weighted by atomic mass is 10.3. The van der Waals surface area contributed by atoms with Crippen LogP contribution < -0.4 is 0 Å². The molecule has 2 rings (SSSR count). The first-order valence-electron chi connectivity index (χ1n) is 5.32. The summed E-state index contributed by atoms with van der Waals surface area (Å²) in [4.78, 5) is 1.20. The average molecular weight is 250 g/mol. The van der Waals surface area contributed by atoms with Gasteiger partial charge in [-0.3, -0.25) is 0 Å². The van der Waals surface area contributed by atoms with Gasteiger partial charge in [0.2, 0.25) is 0 Å². The zero-order valence-corrected chi connectivity index (χ0v) is 10.1. The fraction of sp³-hybridized carbons (Fsp3) is 0.250. The Bertz CT molecular complexity index is 463. The summed E-state index contributed by atoms with van der Waals surface area (Å²) in [7, 11) is 0. The molecule has 2 aromatic rings. The van der Waals surface area contributed by atoms with Crippen molar-refractivity contribution in [3.05, 3.63) is 40.3 Å². The normalized spacial score (nSPS) is 11.4. The predicted molar refractivity (Wildman–Crippen MR) is 68.5 cm³/mol. The molecule has 5 heteroatoms. The zero-order valence-electron chi connectivity index (χ0n) is 9.32. The molecule has 0 aliphatic rings. The van der Waals surface area contributed by atoms with Crippen LogP contribution in [0.4, 0.5) is 0 Å². The smallest absolute Gasteiger partial charge is 0.139 e. The first-order chi connectivity index (χ1) is 8.38. The number of aliphatic hydroxyl groups excluding tert-OH is 1. The van der Waals surface area contributed by atoms with Gasteiger partial charge in [-0.2, -0.15) is 5.10 Å². The van der Waals surface area contributed by atoms with Gasteiger partial charge in [-0.15, -0.1) is 11.3 Å². The topological polar surface area (TPSA) is 47.3 Å². The van der Waals surface area contributed by atoms with Gasteiger partial charge >= 0.3 is 0 Å². The molecule has 0 atom stereocenters. The predicted octanol–water partition coefficient (Wildman–Crippen LogP) is 2.08. The maximum absolute atomic E-state index is 8.57. The summed E-state index contributed by atoms with van der Waals surface area (Å²) < 4.78 is 6.86. The quantitative estimate of drug-likeness (QED) is 0.798. The molecule has 0 saturated heterocycles.